The average molecular weight is 445 g/mol. The Kier molecular flexibility index (Phi) is 5.18. The quantitative estimate of drug-likeness (QED) is 0.694. The van der Waals surface area contributed by atoms with Crippen molar-refractivity contribution in [1.82, 2.24) is 4.90 Å². The van der Waals surface area contributed by atoms with E-state index in [0.717, 1.165) is 0 Å². The van der Waals surface area contributed by atoms with E-state index in [0.29, 0.717) is 22.6 Å². The maximum Gasteiger partial charge on any atom is 0.410 e. The van der Waals surface area contributed by atoms with Gasteiger partial charge in [-0.05, 0) is 44.0 Å². The molecule has 0 fully saturated rings. The predicted molar refractivity (Wildman–Crippen MR) is 115 cm³/mol. The van der Waals surface area contributed by atoms with E-state index in [4.69, 9.17) is 19.9 Å². The summed E-state index contributed by atoms with van der Waals surface area (Å²) in [5.74, 6) is -0.232. The second kappa shape index (κ2) is 7.76. The van der Waals surface area contributed by atoms with Crippen LogP contribution in [-0.2, 0) is 4.74 Å². The Labute approximate surface area is 191 Å². The van der Waals surface area contributed by atoms with Crippen molar-refractivity contribution in [1.29, 1.82) is 15.8 Å². The predicted octanol–water partition coefficient (Wildman–Crippen LogP) is 3.08. The molecule has 9 heteroatoms. The molecular formula is C24H23N5O4. The van der Waals surface area contributed by atoms with Crippen molar-refractivity contribution in [2.45, 2.75) is 32.3 Å². The molecular weight excluding hydrogens is 422 g/mol. The number of rotatable bonds is 1. The summed E-state index contributed by atoms with van der Waals surface area (Å²) in [6.07, 6.45) is 1.24. The Morgan fingerprint density at radius 1 is 1.21 bits per heavy atom. The third-order valence-electron chi connectivity index (χ3n) is 6.07. The number of nitriles is 3. The van der Waals surface area contributed by atoms with E-state index in [1.165, 1.54) is 4.90 Å². The van der Waals surface area contributed by atoms with Crippen LogP contribution in [0.1, 0.15) is 32.3 Å². The summed E-state index contributed by atoms with van der Waals surface area (Å²) < 4.78 is 16.4. The van der Waals surface area contributed by atoms with Gasteiger partial charge in [-0.15, -0.1) is 0 Å². The van der Waals surface area contributed by atoms with Gasteiger partial charge in [-0.2, -0.15) is 15.8 Å². The zero-order valence-corrected chi connectivity index (χ0v) is 18.6. The van der Waals surface area contributed by atoms with Gasteiger partial charge in [-0.25, -0.2) is 4.79 Å². The second-order valence-corrected chi connectivity index (χ2v) is 9.17. The van der Waals surface area contributed by atoms with Gasteiger partial charge >= 0.3 is 6.09 Å². The minimum atomic E-state index is -1.81. The Morgan fingerprint density at radius 3 is 2.55 bits per heavy atom. The highest BCUT2D eigenvalue weighted by molar-refractivity contribution is 5.70. The molecule has 2 atom stereocenters. The lowest BCUT2D eigenvalue weighted by atomic mass is 9.58. The monoisotopic (exact) mass is 445 g/mol. The Bertz CT molecular complexity index is 1190. The van der Waals surface area contributed by atoms with Crippen molar-refractivity contribution >= 4 is 6.09 Å². The van der Waals surface area contributed by atoms with Gasteiger partial charge in [0.05, 0.1) is 23.4 Å². The molecule has 2 aliphatic heterocycles. The molecule has 0 radical (unpaired) electrons. The fourth-order valence-electron chi connectivity index (χ4n) is 4.64. The fourth-order valence-corrected chi connectivity index (χ4v) is 4.64. The molecule has 0 unspecified atom stereocenters. The van der Waals surface area contributed by atoms with Gasteiger partial charge in [0.1, 0.15) is 11.7 Å². The molecule has 33 heavy (non-hydrogen) atoms. The van der Waals surface area contributed by atoms with Crippen LogP contribution in [-0.4, -0.2) is 36.5 Å². The van der Waals surface area contributed by atoms with Crippen LogP contribution in [0.25, 0.3) is 0 Å². The number of carbonyl (C=O) groups excluding carboxylic acids is 1. The van der Waals surface area contributed by atoms with E-state index in [1.807, 2.05) is 0 Å². The lowest BCUT2D eigenvalue weighted by Crippen LogP contribution is -2.50. The first-order valence-corrected chi connectivity index (χ1v) is 10.5. The first kappa shape index (κ1) is 22.0. The van der Waals surface area contributed by atoms with Crippen molar-refractivity contribution in [2.75, 3.05) is 19.9 Å². The van der Waals surface area contributed by atoms with Crippen LogP contribution in [0.5, 0.6) is 11.5 Å². The number of fused-ring (bicyclic) bond motifs is 2. The Balaban J connectivity index is 1.87. The molecule has 1 aliphatic carbocycles. The zero-order chi connectivity index (χ0) is 24.0. The summed E-state index contributed by atoms with van der Waals surface area (Å²) in [6.45, 7) is 5.79. The normalized spacial score (nSPS) is 22.9. The molecule has 1 aromatic rings. The van der Waals surface area contributed by atoms with Gasteiger partial charge in [0.15, 0.2) is 16.9 Å². The van der Waals surface area contributed by atoms with Crippen molar-refractivity contribution in [3.63, 3.8) is 0 Å². The van der Waals surface area contributed by atoms with Crippen LogP contribution in [0.3, 0.4) is 0 Å². The summed E-state index contributed by atoms with van der Waals surface area (Å²) in [5.41, 5.74) is 5.12. The Morgan fingerprint density at radius 2 is 1.91 bits per heavy atom. The van der Waals surface area contributed by atoms with Gasteiger partial charge in [0.25, 0.3) is 0 Å². The molecule has 9 nitrogen and oxygen atoms in total. The molecule has 4 rings (SSSR count). The van der Waals surface area contributed by atoms with Crippen LogP contribution in [0.4, 0.5) is 4.79 Å². The molecule has 0 saturated carbocycles. The topological polar surface area (TPSA) is 145 Å². The highest BCUT2D eigenvalue weighted by atomic mass is 16.7. The number of benzene rings is 1. The van der Waals surface area contributed by atoms with Gasteiger partial charge in [0.2, 0.25) is 6.79 Å². The van der Waals surface area contributed by atoms with E-state index in [9.17, 15) is 20.6 Å². The number of nitrogens with zero attached hydrogens (tertiary/aromatic N) is 4. The molecule has 0 aromatic heterocycles. The zero-order valence-electron chi connectivity index (χ0n) is 18.6. The van der Waals surface area contributed by atoms with E-state index in [-0.39, 0.29) is 31.2 Å². The minimum Gasteiger partial charge on any atom is -0.454 e. The number of hydrogen-bond donors (Lipinski definition) is 1. The largest absolute Gasteiger partial charge is 0.454 e. The van der Waals surface area contributed by atoms with E-state index < -0.39 is 28.9 Å². The second-order valence-electron chi connectivity index (χ2n) is 9.17. The molecule has 2 heterocycles. The molecule has 0 saturated heterocycles. The van der Waals surface area contributed by atoms with Crippen LogP contribution in [0.2, 0.25) is 0 Å². The lowest BCUT2D eigenvalue weighted by Gasteiger charge is -2.45. The summed E-state index contributed by atoms with van der Waals surface area (Å²) in [4.78, 5) is 14.3. The lowest BCUT2D eigenvalue weighted by molar-refractivity contribution is 0.0224. The van der Waals surface area contributed by atoms with Gasteiger partial charge < -0.3 is 24.8 Å². The SMILES string of the molecule is CC(C)(C)OC(=O)N1CC=C2C(C#N)=C(N)C(C#N)(C#N)[C@H](c3ccc4c(c3)OCO4)[C@@H]2C1. The molecule has 3 aliphatic rings. The maximum absolute atomic E-state index is 12.8. The highest BCUT2D eigenvalue weighted by Crippen LogP contribution is 2.55. The number of nitrogens with two attached hydrogens (primary N) is 1. The minimum absolute atomic E-state index is 0.0761. The molecule has 1 aromatic carbocycles. The molecule has 1 amide bonds. The third kappa shape index (κ3) is 3.50. The summed E-state index contributed by atoms with van der Waals surface area (Å²) in [5, 5.41) is 30.2. The third-order valence-corrected chi connectivity index (χ3v) is 6.07. The summed E-state index contributed by atoms with van der Waals surface area (Å²) >= 11 is 0. The molecule has 2 N–H and O–H groups in total. The Hall–Kier alpha value is -4.16. The number of ether oxygens (including phenoxy) is 3. The maximum atomic E-state index is 12.8. The van der Waals surface area contributed by atoms with Gasteiger partial charge in [0, 0.05) is 24.9 Å². The van der Waals surface area contributed by atoms with Crippen LogP contribution < -0.4 is 15.2 Å². The summed E-state index contributed by atoms with van der Waals surface area (Å²) in [7, 11) is 0. The van der Waals surface area contributed by atoms with Gasteiger partial charge in [-0.1, -0.05) is 12.1 Å². The van der Waals surface area contributed by atoms with E-state index >= 15 is 0 Å². The molecule has 0 spiro atoms. The van der Waals surface area contributed by atoms with Crippen molar-refractivity contribution in [3.05, 3.63) is 46.7 Å². The fraction of sp³-hybridized carbons (Fsp3) is 0.417. The number of hydrogen-bond acceptors (Lipinski definition) is 8. The van der Waals surface area contributed by atoms with Crippen LogP contribution in [0, 0.1) is 45.3 Å². The highest BCUT2D eigenvalue weighted by Gasteiger charge is 2.55. The smallest absolute Gasteiger partial charge is 0.410 e. The molecule has 0 bridgehead atoms. The van der Waals surface area contributed by atoms with E-state index in [1.54, 1.807) is 45.0 Å². The number of carbonyl (C=O) groups is 1. The standard InChI is InChI=1S/C24H23N5O4/c1-23(2,3)33-22(30)29-7-6-15-16(9-25)21(28)24(11-26,12-27)20(17(15)10-29)14-4-5-18-19(8-14)32-13-31-18/h4-6,8,17,20H,7,10,13,28H2,1-3H3/t17-,20-/m1/s1. The summed E-state index contributed by atoms with van der Waals surface area (Å²) in [6, 6.07) is 11.4. The number of amides is 1. The first-order chi connectivity index (χ1) is 15.6. The first-order valence-electron chi connectivity index (χ1n) is 10.5. The van der Waals surface area contributed by atoms with E-state index in [2.05, 4.69) is 18.2 Å². The molecule has 168 valence electrons. The van der Waals surface area contributed by atoms with Crippen LogP contribution >= 0.6 is 0 Å². The van der Waals surface area contributed by atoms with Crippen molar-refractivity contribution < 1.29 is 19.0 Å². The number of allylic oxidation sites excluding steroid dienone is 2. The van der Waals surface area contributed by atoms with Gasteiger partial charge in [-0.3, -0.25) is 0 Å². The van der Waals surface area contributed by atoms with Crippen LogP contribution in [0.15, 0.2) is 41.1 Å². The van der Waals surface area contributed by atoms with Crippen molar-refractivity contribution in [2.24, 2.45) is 17.1 Å². The average Bonchev–Trinajstić information content (AvgIpc) is 3.25. The van der Waals surface area contributed by atoms with Crippen molar-refractivity contribution in [3.8, 4) is 29.7 Å².